The van der Waals surface area contributed by atoms with Crippen LogP contribution >= 0.6 is 0 Å². The van der Waals surface area contributed by atoms with Gasteiger partial charge in [-0.15, -0.1) is 0 Å². The molecule has 0 fully saturated rings. The predicted octanol–water partition coefficient (Wildman–Crippen LogP) is 3.63. The zero-order valence-corrected chi connectivity index (χ0v) is 9.61. The van der Waals surface area contributed by atoms with Crippen LogP contribution in [0.3, 0.4) is 0 Å². The Morgan fingerprint density at radius 2 is 2.12 bits per heavy atom. The second-order valence-electron chi connectivity index (χ2n) is 4.16. The smallest absolute Gasteiger partial charge is 0.247 e. The van der Waals surface area contributed by atoms with Gasteiger partial charge in [0.05, 0.1) is 4.92 Å². The lowest BCUT2D eigenvalue weighted by molar-refractivity contribution is -0.427. The minimum Gasteiger partial charge on any atom is -0.259 e. The first-order valence-corrected chi connectivity index (χ1v) is 5.20. The third-order valence-electron chi connectivity index (χ3n) is 2.13. The van der Waals surface area contributed by atoms with Crippen molar-refractivity contribution in [2.75, 3.05) is 0 Å². The van der Waals surface area contributed by atoms with Gasteiger partial charge >= 0.3 is 0 Å². The van der Waals surface area contributed by atoms with Gasteiger partial charge < -0.3 is 0 Å². The summed E-state index contributed by atoms with van der Waals surface area (Å²) in [7, 11) is 0. The Labute approximate surface area is 97.9 Å². The van der Waals surface area contributed by atoms with Crippen LogP contribution in [0, 0.1) is 27.7 Å². The van der Waals surface area contributed by atoms with Crippen LogP contribution in [0.5, 0.6) is 0 Å². The van der Waals surface area contributed by atoms with Gasteiger partial charge in [0.1, 0.15) is 11.6 Å². The first-order chi connectivity index (χ1) is 7.90. The van der Waals surface area contributed by atoms with E-state index in [1.807, 2.05) is 13.8 Å². The van der Waals surface area contributed by atoms with Crippen LogP contribution in [0.25, 0.3) is 6.08 Å². The summed E-state index contributed by atoms with van der Waals surface area (Å²) in [6.07, 6.45) is 1.29. The maximum absolute atomic E-state index is 13.3. The highest BCUT2D eigenvalue weighted by Crippen LogP contribution is 2.18. The van der Waals surface area contributed by atoms with E-state index in [4.69, 9.17) is 0 Å². The summed E-state index contributed by atoms with van der Waals surface area (Å²) >= 11 is 0. The highest BCUT2D eigenvalue weighted by Gasteiger charge is 2.14. The van der Waals surface area contributed by atoms with E-state index in [9.17, 15) is 18.9 Å². The van der Waals surface area contributed by atoms with E-state index in [0.717, 1.165) is 24.3 Å². The van der Waals surface area contributed by atoms with Crippen molar-refractivity contribution in [1.82, 2.24) is 0 Å². The Balaban J connectivity index is 3.12. The van der Waals surface area contributed by atoms with E-state index in [1.54, 1.807) is 0 Å². The molecule has 0 radical (unpaired) electrons. The van der Waals surface area contributed by atoms with Gasteiger partial charge in [-0.3, -0.25) is 10.1 Å². The number of nitro groups is 1. The number of hydrogen-bond acceptors (Lipinski definition) is 2. The van der Waals surface area contributed by atoms with E-state index in [-0.39, 0.29) is 23.6 Å². The lowest BCUT2D eigenvalue weighted by Crippen LogP contribution is -2.03. The van der Waals surface area contributed by atoms with Crippen molar-refractivity contribution < 1.29 is 13.7 Å². The molecule has 1 rings (SSSR count). The molecule has 5 heteroatoms. The molecule has 0 amide bonds. The molecule has 0 heterocycles. The van der Waals surface area contributed by atoms with E-state index < -0.39 is 16.6 Å². The fourth-order valence-corrected chi connectivity index (χ4v) is 1.41. The van der Waals surface area contributed by atoms with Crippen LogP contribution in [-0.2, 0) is 0 Å². The number of rotatable bonds is 4. The molecule has 0 bridgehead atoms. The molecule has 1 aromatic carbocycles. The van der Waals surface area contributed by atoms with Gasteiger partial charge in [-0.05, 0) is 24.1 Å². The Morgan fingerprint density at radius 1 is 1.47 bits per heavy atom. The number of nitrogens with zero attached hydrogens (tertiary/aromatic N) is 1. The molecular formula is C12H13F2NO2. The molecule has 0 aliphatic carbocycles. The van der Waals surface area contributed by atoms with Crippen LogP contribution in [0.2, 0.25) is 0 Å². The number of benzene rings is 1. The van der Waals surface area contributed by atoms with Crippen molar-refractivity contribution in [2.45, 2.75) is 20.3 Å². The molecule has 92 valence electrons. The average Bonchev–Trinajstić information content (AvgIpc) is 2.21. The molecule has 0 saturated carbocycles. The number of hydrogen-bond donors (Lipinski definition) is 0. The van der Waals surface area contributed by atoms with Crippen molar-refractivity contribution in [3.8, 4) is 0 Å². The summed E-state index contributed by atoms with van der Waals surface area (Å²) in [5.74, 6) is -1.22. The topological polar surface area (TPSA) is 43.1 Å². The summed E-state index contributed by atoms with van der Waals surface area (Å²) in [4.78, 5) is 10.2. The second-order valence-corrected chi connectivity index (χ2v) is 4.16. The summed E-state index contributed by atoms with van der Waals surface area (Å²) in [6, 6.07) is 2.87. The molecule has 0 spiro atoms. The first kappa shape index (κ1) is 13.3. The Hall–Kier alpha value is -1.78. The Kier molecular flexibility index (Phi) is 4.31. The van der Waals surface area contributed by atoms with Crippen LogP contribution < -0.4 is 0 Å². The van der Waals surface area contributed by atoms with E-state index >= 15 is 0 Å². The lowest BCUT2D eigenvalue weighted by Gasteiger charge is -2.03. The number of halogens is 2. The molecule has 0 aliphatic heterocycles. The summed E-state index contributed by atoms with van der Waals surface area (Å²) in [6.45, 7) is 3.64. The van der Waals surface area contributed by atoms with Crippen LogP contribution in [-0.4, -0.2) is 4.92 Å². The van der Waals surface area contributed by atoms with Gasteiger partial charge in [-0.25, -0.2) is 8.78 Å². The fourth-order valence-electron chi connectivity index (χ4n) is 1.41. The zero-order valence-electron chi connectivity index (χ0n) is 9.61. The van der Waals surface area contributed by atoms with Crippen molar-refractivity contribution in [1.29, 1.82) is 0 Å². The van der Waals surface area contributed by atoms with E-state index in [2.05, 4.69) is 0 Å². The minimum absolute atomic E-state index is 0.0725. The molecule has 3 nitrogen and oxygen atoms in total. The second kappa shape index (κ2) is 5.52. The maximum Gasteiger partial charge on any atom is 0.247 e. The molecule has 0 unspecified atom stereocenters. The lowest BCUT2D eigenvalue weighted by atomic mass is 10.1. The highest BCUT2D eigenvalue weighted by molar-refractivity contribution is 5.51. The fraction of sp³-hybridized carbons (Fsp3) is 0.333. The van der Waals surface area contributed by atoms with Gasteiger partial charge in [0.2, 0.25) is 5.70 Å². The van der Waals surface area contributed by atoms with E-state index in [0.29, 0.717) is 0 Å². The Bertz CT molecular complexity index is 456. The predicted molar refractivity (Wildman–Crippen MR) is 60.8 cm³/mol. The summed E-state index contributed by atoms with van der Waals surface area (Å²) in [5, 5.41) is 10.8. The van der Waals surface area contributed by atoms with Gasteiger partial charge in [-0.2, -0.15) is 0 Å². The highest BCUT2D eigenvalue weighted by atomic mass is 19.1. The molecule has 0 aliphatic rings. The van der Waals surface area contributed by atoms with Crippen LogP contribution in [0.1, 0.15) is 25.8 Å². The van der Waals surface area contributed by atoms with Gasteiger partial charge in [-0.1, -0.05) is 13.8 Å². The SMILES string of the molecule is CC(C)CC(=Cc1cc(F)ccc1F)[N+](=O)[O-]. The third kappa shape index (κ3) is 3.94. The summed E-state index contributed by atoms with van der Waals surface area (Å²) in [5.41, 5.74) is -0.221. The van der Waals surface area contributed by atoms with Gasteiger partial charge in [0, 0.05) is 18.1 Å². The average molecular weight is 241 g/mol. The summed E-state index contributed by atoms with van der Waals surface area (Å²) < 4.78 is 26.2. The molecular weight excluding hydrogens is 228 g/mol. The molecule has 0 N–H and O–H groups in total. The monoisotopic (exact) mass is 241 g/mol. The van der Waals surface area contributed by atoms with Crippen molar-refractivity contribution >= 4 is 6.08 Å². The van der Waals surface area contributed by atoms with Crippen molar-refractivity contribution in [3.63, 3.8) is 0 Å². The minimum atomic E-state index is -0.672. The largest absolute Gasteiger partial charge is 0.259 e. The molecule has 0 saturated heterocycles. The number of allylic oxidation sites excluding steroid dienone is 1. The third-order valence-corrected chi connectivity index (χ3v) is 2.13. The van der Waals surface area contributed by atoms with Crippen molar-refractivity contribution in [2.24, 2.45) is 5.92 Å². The van der Waals surface area contributed by atoms with Gasteiger partial charge in [0.25, 0.3) is 0 Å². The normalized spacial score (nSPS) is 11.9. The first-order valence-electron chi connectivity index (χ1n) is 5.20. The van der Waals surface area contributed by atoms with Crippen LogP contribution in [0.15, 0.2) is 23.9 Å². The van der Waals surface area contributed by atoms with Crippen LogP contribution in [0.4, 0.5) is 8.78 Å². The van der Waals surface area contributed by atoms with Gasteiger partial charge in [0.15, 0.2) is 0 Å². The molecule has 17 heavy (non-hydrogen) atoms. The van der Waals surface area contributed by atoms with E-state index in [1.165, 1.54) is 0 Å². The van der Waals surface area contributed by atoms with Crippen molar-refractivity contribution in [3.05, 3.63) is 51.2 Å². The zero-order chi connectivity index (χ0) is 13.0. The maximum atomic E-state index is 13.3. The molecule has 1 aromatic rings. The Morgan fingerprint density at radius 3 is 2.65 bits per heavy atom. The molecule has 0 atom stereocenters. The quantitative estimate of drug-likeness (QED) is 0.596. The molecule has 0 aromatic heterocycles. The standard InChI is InChI=1S/C12H13F2NO2/c1-8(2)5-11(15(16)17)7-9-6-10(13)3-4-12(9)14/h3-4,6-8H,5H2,1-2H3.